The van der Waals surface area contributed by atoms with Gasteiger partial charge in [0.15, 0.2) is 0 Å². The van der Waals surface area contributed by atoms with Crippen LogP contribution in [0.4, 0.5) is 0 Å². The third-order valence-corrected chi connectivity index (χ3v) is 1.04. The molecule has 1 unspecified atom stereocenters. The van der Waals surface area contributed by atoms with Gasteiger partial charge in [-0.1, -0.05) is 0 Å². The van der Waals surface area contributed by atoms with Gasteiger partial charge in [0.25, 0.3) is 0 Å². The summed E-state index contributed by atoms with van der Waals surface area (Å²) in [7, 11) is 0. The summed E-state index contributed by atoms with van der Waals surface area (Å²) in [6, 6.07) is -0.269. The highest BCUT2D eigenvalue weighted by Crippen LogP contribution is 1.97. The average molecular weight is 113 g/mol. The van der Waals surface area contributed by atoms with Gasteiger partial charge in [0.1, 0.15) is 12.0 Å². The van der Waals surface area contributed by atoms with Crippen LogP contribution in [0.3, 0.4) is 0 Å². The molecule has 0 spiro atoms. The van der Waals surface area contributed by atoms with Crippen molar-refractivity contribution in [2.24, 2.45) is 0 Å². The van der Waals surface area contributed by atoms with Crippen molar-refractivity contribution in [1.82, 2.24) is 5.32 Å². The summed E-state index contributed by atoms with van der Waals surface area (Å²) in [6.45, 7) is 0.420. The average Bonchev–Trinajstić information content (AvgIpc) is 2.14. The molecule has 0 bridgehead atoms. The van der Waals surface area contributed by atoms with Crippen molar-refractivity contribution >= 4 is 6.29 Å². The first-order chi connectivity index (χ1) is 3.83. The summed E-state index contributed by atoms with van der Waals surface area (Å²) in [5.74, 6) is 0.252. The molecule has 0 fully saturated rings. The molecule has 1 rings (SSSR count). The van der Waals surface area contributed by atoms with E-state index in [2.05, 4.69) is 5.32 Å². The zero-order valence-corrected chi connectivity index (χ0v) is 4.29. The molecule has 1 aliphatic heterocycles. The van der Waals surface area contributed by atoms with Gasteiger partial charge in [0.05, 0.1) is 12.6 Å². The van der Waals surface area contributed by atoms with Gasteiger partial charge in [-0.25, -0.2) is 0 Å². The number of aliphatic hydroxyl groups is 1. The molecule has 3 nitrogen and oxygen atoms in total. The lowest BCUT2D eigenvalue weighted by atomic mass is 10.3. The van der Waals surface area contributed by atoms with Gasteiger partial charge in [-0.2, -0.15) is 0 Å². The number of rotatable bonds is 1. The Morgan fingerprint density at radius 3 is 3.00 bits per heavy atom. The van der Waals surface area contributed by atoms with Crippen LogP contribution in [0, 0.1) is 0 Å². The summed E-state index contributed by atoms with van der Waals surface area (Å²) >= 11 is 0. The van der Waals surface area contributed by atoms with E-state index in [1.165, 1.54) is 6.08 Å². The van der Waals surface area contributed by atoms with E-state index in [0.717, 1.165) is 6.29 Å². The number of hydrogen-bond acceptors (Lipinski definition) is 3. The smallest absolute Gasteiger partial charge is 0.140 e. The maximum absolute atomic E-state index is 9.93. The second-order valence-electron chi connectivity index (χ2n) is 1.70. The molecule has 8 heavy (non-hydrogen) atoms. The third-order valence-electron chi connectivity index (χ3n) is 1.04. The molecule has 44 valence electrons. The number of carbonyl (C=O) groups excluding carboxylic acids is 1. The van der Waals surface area contributed by atoms with E-state index in [4.69, 9.17) is 5.11 Å². The van der Waals surface area contributed by atoms with Crippen molar-refractivity contribution in [3.05, 3.63) is 11.8 Å². The Balaban J connectivity index is 2.53. The number of carbonyl (C=O) groups is 1. The molecule has 0 aromatic rings. The lowest BCUT2D eigenvalue weighted by molar-refractivity contribution is -0.108. The van der Waals surface area contributed by atoms with Crippen LogP contribution in [-0.4, -0.2) is 24.0 Å². The molecule has 0 radical (unpaired) electrons. The van der Waals surface area contributed by atoms with Crippen LogP contribution in [0.5, 0.6) is 0 Å². The van der Waals surface area contributed by atoms with Crippen molar-refractivity contribution in [2.45, 2.75) is 6.04 Å². The molecular weight excluding hydrogens is 106 g/mol. The minimum absolute atomic E-state index is 0.252. The highest BCUT2D eigenvalue weighted by atomic mass is 16.3. The summed E-state index contributed by atoms with van der Waals surface area (Å²) in [5, 5.41) is 11.4. The van der Waals surface area contributed by atoms with Crippen molar-refractivity contribution < 1.29 is 9.90 Å². The van der Waals surface area contributed by atoms with Crippen molar-refractivity contribution in [2.75, 3.05) is 6.54 Å². The normalized spacial score (nSPS) is 27.5. The minimum Gasteiger partial charge on any atom is -0.511 e. The van der Waals surface area contributed by atoms with E-state index < -0.39 is 0 Å². The van der Waals surface area contributed by atoms with Crippen molar-refractivity contribution in [3.63, 3.8) is 0 Å². The summed E-state index contributed by atoms with van der Waals surface area (Å²) < 4.78 is 0. The largest absolute Gasteiger partial charge is 0.511 e. The molecule has 2 N–H and O–H groups in total. The second kappa shape index (κ2) is 1.96. The van der Waals surface area contributed by atoms with Crippen LogP contribution < -0.4 is 5.32 Å². The topological polar surface area (TPSA) is 49.3 Å². The Labute approximate surface area is 47.0 Å². The van der Waals surface area contributed by atoms with Gasteiger partial charge in [-0.05, 0) is 6.08 Å². The number of nitrogens with one attached hydrogen (secondary N) is 1. The highest BCUT2D eigenvalue weighted by molar-refractivity contribution is 5.62. The number of hydrogen-bond donors (Lipinski definition) is 2. The van der Waals surface area contributed by atoms with Gasteiger partial charge in [0.2, 0.25) is 0 Å². The Morgan fingerprint density at radius 2 is 2.75 bits per heavy atom. The third kappa shape index (κ3) is 0.869. The van der Waals surface area contributed by atoms with Crippen LogP contribution in [0.15, 0.2) is 11.8 Å². The second-order valence-corrected chi connectivity index (χ2v) is 1.70. The van der Waals surface area contributed by atoms with Crippen molar-refractivity contribution in [1.29, 1.82) is 0 Å². The monoisotopic (exact) mass is 113 g/mol. The van der Waals surface area contributed by atoms with E-state index in [0.29, 0.717) is 6.54 Å². The van der Waals surface area contributed by atoms with Crippen molar-refractivity contribution in [3.8, 4) is 0 Å². The zero-order chi connectivity index (χ0) is 5.98. The Hall–Kier alpha value is -0.830. The van der Waals surface area contributed by atoms with Gasteiger partial charge >= 0.3 is 0 Å². The van der Waals surface area contributed by atoms with Crippen LogP contribution in [0.25, 0.3) is 0 Å². The van der Waals surface area contributed by atoms with E-state index in [1.807, 2.05) is 0 Å². The fraction of sp³-hybridized carbons (Fsp3) is 0.400. The SMILES string of the molecule is O=CC1C=C(O)CN1. The molecule has 1 atom stereocenters. The maximum atomic E-state index is 9.93. The molecule has 3 heteroatoms. The molecule has 0 aromatic carbocycles. The minimum atomic E-state index is -0.269. The van der Waals surface area contributed by atoms with Gasteiger partial charge in [-0.3, -0.25) is 5.32 Å². The Morgan fingerprint density at radius 1 is 2.00 bits per heavy atom. The Bertz CT molecular complexity index is 130. The standard InChI is InChI=1S/C5H7NO2/c7-3-4-1-5(8)2-6-4/h1,3-4,6,8H,2H2. The van der Waals surface area contributed by atoms with E-state index in [1.54, 1.807) is 0 Å². The van der Waals surface area contributed by atoms with Crippen LogP contribution in [0.2, 0.25) is 0 Å². The molecular formula is C5H7NO2. The highest BCUT2D eigenvalue weighted by Gasteiger charge is 2.11. The summed E-state index contributed by atoms with van der Waals surface area (Å²) in [5.41, 5.74) is 0. The molecule has 1 heterocycles. The van der Waals surface area contributed by atoms with E-state index in [-0.39, 0.29) is 11.8 Å². The van der Waals surface area contributed by atoms with E-state index >= 15 is 0 Å². The fourth-order valence-corrected chi connectivity index (χ4v) is 0.635. The summed E-state index contributed by atoms with van der Waals surface area (Å²) in [6.07, 6.45) is 2.25. The maximum Gasteiger partial charge on any atom is 0.140 e. The van der Waals surface area contributed by atoms with Gasteiger partial charge < -0.3 is 9.90 Å². The zero-order valence-electron chi connectivity index (χ0n) is 4.29. The molecule has 0 saturated heterocycles. The molecule has 0 amide bonds. The predicted octanol–water partition coefficient (Wildman–Crippen LogP) is -0.401. The molecule has 0 aliphatic carbocycles. The Kier molecular flexibility index (Phi) is 1.30. The first kappa shape index (κ1) is 5.31. The number of aliphatic hydroxyl groups excluding tert-OH is 1. The summed E-state index contributed by atoms with van der Waals surface area (Å²) in [4.78, 5) is 9.93. The lowest BCUT2D eigenvalue weighted by Crippen LogP contribution is -2.23. The molecule has 0 saturated carbocycles. The van der Waals surface area contributed by atoms with Gasteiger partial charge in [0, 0.05) is 0 Å². The van der Waals surface area contributed by atoms with E-state index in [9.17, 15) is 4.79 Å². The quantitative estimate of drug-likeness (QED) is 0.455. The first-order valence-corrected chi connectivity index (χ1v) is 2.41. The number of aldehydes is 1. The van der Waals surface area contributed by atoms with Crippen LogP contribution in [0.1, 0.15) is 0 Å². The first-order valence-electron chi connectivity index (χ1n) is 2.41. The predicted molar refractivity (Wildman–Crippen MR) is 28.6 cm³/mol. The van der Waals surface area contributed by atoms with Crippen LogP contribution >= 0.6 is 0 Å². The van der Waals surface area contributed by atoms with Crippen LogP contribution in [-0.2, 0) is 4.79 Å². The fourth-order valence-electron chi connectivity index (χ4n) is 0.635. The van der Waals surface area contributed by atoms with Gasteiger partial charge in [-0.15, -0.1) is 0 Å². The lowest BCUT2D eigenvalue weighted by Gasteiger charge is -1.92. The molecule has 1 aliphatic rings. The molecule has 0 aromatic heterocycles.